The number of rotatable bonds is 13. The molecule has 1 saturated carbocycles. The molecule has 0 saturated heterocycles. The number of alkyl halides is 9. The highest BCUT2D eigenvalue weighted by Gasteiger charge is 2.39. The molecule has 1 aromatic heterocycles. The summed E-state index contributed by atoms with van der Waals surface area (Å²) in [6.07, 6.45) is -6.38. The number of thiazole rings is 1. The Morgan fingerprint density at radius 2 is 1.36 bits per heavy atom. The van der Waals surface area contributed by atoms with Crippen molar-refractivity contribution >= 4 is 39.4 Å². The van der Waals surface area contributed by atoms with Gasteiger partial charge in [0.05, 0.1) is 10.3 Å². The number of fused-ring (bicyclic) bond motifs is 1. The number of phenols is 1. The van der Waals surface area contributed by atoms with E-state index in [0.29, 0.717) is 63.1 Å². The molecule has 0 radical (unpaired) electrons. The molecular weight excluding hydrogens is 779 g/mol. The lowest BCUT2D eigenvalue weighted by Gasteiger charge is -2.32. The number of benzene rings is 2. The van der Waals surface area contributed by atoms with Crippen LogP contribution in [0.25, 0.3) is 10.2 Å². The first-order chi connectivity index (χ1) is 25.6. The Hall–Kier alpha value is -4.37. The van der Waals surface area contributed by atoms with Crippen molar-refractivity contribution in [2.24, 2.45) is 0 Å². The van der Waals surface area contributed by atoms with Crippen LogP contribution in [0.4, 0.5) is 39.5 Å². The summed E-state index contributed by atoms with van der Waals surface area (Å²) in [4.78, 5) is 47.3. The molecule has 6 N–H and O–H groups in total. The second-order valence-electron chi connectivity index (χ2n) is 12.2. The lowest BCUT2D eigenvalue weighted by atomic mass is 10.1. The molecule has 0 bridgehead atoms. The van der Waals surface area contributed by atoms with Crippen molar-refractivity contribution in [2.75, 3.05) is 32.7 Å². The zero-order chi connectivity index (χ0) is 41.4. The van der Waals surface area contributed by atoms with Crippen LogP contribution in [0.3, 0.4) is 0 Å². The van der Waals surface area contributed by atoms with Gasteiger partial charge < -0.3 is 35.8 Å². The van der Waals surface area contributed by atoms with E-state index in [2.05, 4.69) is 15.6 Å². The number of nitrogens with one attached hydrogen (secondary N) is 3. The van der Waals surface area contributed by atoms with Crippen LogP contribution in [0, 0.1) is 0 Å². The summed E-state index contributed by atoms with van der Waals surface area (Å²) in [6.45, 7) is 2.91. The van der Waals surface area contributed by atoms with Crippen LogP contribution in [0.2, 0.25) is 0 Å². The Labute approximate surface area is 312 Å². The van der Waals surface area contributed by atoms with Crippen LogP contribution in [0.1, 0.15) is 61.6 Å². The molecule has 1 aliphatic rings. The summed E-state index contributed by atoms with van der Waals surface area (Å²) < 4.78 is 103. The molecule has 0 aliphatic heterocycles. The topological polar surface area (TPSA) is 172 Å². The zero-order valence-corrected chi connectivity index (χ0v) is 30.0. The highest BCUT2D eigenvalue weighted by atomic mass is 32.1. The molecule has 2 aromatic carbocycles. The van der Waals surface area contributed by atoms with Gasteiger partial charge in [-0.15, -0.1) is 0 Å². The van der Waals surface area contributed by atoms with Crippen LogP contribution in [0.5, 0.6) is 5.75 Å². The molecule has 0 spiro atoms. The molecule has 0 unspecified atom stereocenters. The molecule has 4 rings (SSSR count). The van der Waals surface area contributed by atoms with Gasteiger partial charge >= 0.3 is 35.3 Å². The SMILES string of the molecule is O=C(CCNCCc1cccc(C(F)(F)F)c1)N(CCNCCc1ccc(O)c2[nH]c(=O)sc12)C1CCCCCC1.O=C(O)C(F)(F)F.O=C(O)C(F)(F)F. The highest BCUT2D eigenvalue weighted by Crippen LogP contribution is 2.30. The normalized spacial score (nSPS) is 13.9. The summed E-state index contributed by atoms with van der Waals surface area (Å²) >= 11 is 1.09. The van der Waals surface area contributed by atoms with E-state index >= 15 is 0 Å². The number of aliphatic carboxylic acids is 2. The van der Waals surface area contributed by atoms with Crippen LogP contribution in [-0.4, -0.2) is 94.2 Å². The zero-order valence-electron chi connectivity index (χ0n) is 29.2. The minimum Gasteiger partial charge on any atom is -0.506 e. The largest absolute Gasteiger partial charge is 0.506 e. The number of H-pyrrole nitrogens is 1. The van der Waals surface area contributed by atoms with E-state index in [0.717, 1.165) is 53.3 Å². The lowest BCUT2D eigenvalue weighted by molar-refractivity contribution is -0.193. The molecule has 1 aliphatic carbocycles. The fourth-order valence-electron chi connectivity index (χ4n) is 5.50. The quantitative estimate of drug-likeness (QED) is 0.0641. The molecule has 308 valence electrons. The Bertz CT molecular complexity index is 1710. The fourth-order valence-corrected chi connectivity index (χ4v) is 6.40. The number of carbonyl (C=O) groups excluding carboxylic acids is 1. The predicted octanol–water partition coefficient (Wildman–Crippen LogP) is 6.49. The van der Waals surface area contributed by atoms with Gasteiger partial charge in [0.25, 0.3) is 0 Å². The van der Waals surface area contributed by atoms with Gasteiger partial charge in [-0.2, -0.15) is 39.5 Å². The van der Waals surface area contributed by atoms with Crippen molar-refractivity contribution in [2.45, 2.75) is 82.4 Å². The third-order valence-corrected chi connectivity index (χ3v) is 9.13. The van der Waals surface area contributed by atoms with Gasteiger partial charge in [-0.3, -0.25) is 9.59 Å². The number of nitrogens with zero attached hydrogens (tertiary/aromatic N) is 1. The van der Waals surface area contributed by atoms with Gasteiger partial charge in [0.1, 0.15) is 11.3 Å². The monoisotopic (exact) mass is 820 g/mol. The van der Waals surface area contributed by atoms with E-state index in [1.165, 1.54) is 25.0 Å². The number of aromatic amines is 1. The minimum absolute atomic E-state index is 0.0674. The second-order valence-corrected chi connectivity index (χ2v) is 13.2. The van der Waals surface area contributed by atoms with Crippen LogP contribution >= 0.6 is 11.3 Å². The van der Waals surface area contributed by atoms with Gasteiger partial charge in [0, 0.05) is 32.1 Å². The highest BCUT2D eigenvalue weighted by molar-refractivity contribution is 7.16. The maximum atomic E-state index is 13.3. The van der Waals surface area contributed by atoms with Gasteiger partial charge in [0.15, 0.2) is 0 Å². The predicted molar refractivity (Wildman–Crippen MR) is 184 cm³/mol. The molecule has 3 aromatic rings. The number of amides is 1. The van der Waals surface area contributed by atoms with E-state index < -0.39 is 36.0 Å². The number of carbonyl (C=O) groups is 3. The molecule has 1 fully saturated rings. The Kier molecular flexibility index (Phi) is 18.4. The van der Waals surface area contributed by atoms with E-state index in [-0.39, 0.29) is 22.6 Å². The second kappa shape index (κ2) is 21.6. The first-order valence-electron chi connectivity index (χ1n) is 16.9. The lowest BCUT2D eigenvalue weighted by Crippen LogP contribution is -2.45. The van der Waals surface area contributed by atoms with Crippen LogP contribution in [-0.2, 0) is 33.4 Å². The molecule has 0 atom stereocenters. The Balaban J connectivity index is 0.000000633. The standard InChI is InChI=1S/C30H39F3N4O3S.2C2HF3O2/c31-30(32,33)23-7-5-6-21(20-23)12-15-34-17-14-26(39)37(24-8-3-1-2-4-9-24)19-18-35-16-13-22-10-11-25(38)27-28(22)41-29(40)36-27;2*3-2(4,5)1(6)7/h5-7,10-11,20,24,34-35,38H,1-4,8-9,12-19H2,(H,36,40);2*(H,6,7). The van der Waals surface area contributed by atoms with Gasteiger partial charge in [0.2, 0.25) is 5.91 Å². The maximum Gasteiger partial charge on any atom is 0.490 e. The van der Waals surface area contributed by atoms with Crippen molar-refractivity contribution in [1.82, 2.24) is 20.5 Å². The van der Waals surface area contributed by atoms with Crippen molar-refractivity contribution in [3.63, 3.8) is 0 Å². The number of hydrogen-bond acceptors (Lipinski definition) is 8. The van der Waals surface area contributed by atoms with E-state index in [1.807, 2.05) is 11.0 Å². The first kappa shape index (κ1) is 46.8. The van der Waals surface area contributed by atoms with Crippen LogP contribution in [0.15, 0.2) is 41.2 Å². The Morgan fingerprint density at radius 3 is 1.93 bits per heavy atom. The number of phenolic OH excluding ortho intramolecular Hbond substituents is 1. The van der Waals surface area contributed by atoms with E-state index in [9.17, 15) is 54.2 Å². The Morgan fingerprint density at radius 1 is 0.800 bits per heavy atom. The number of carboxylic acids is 2. The van der Waals surface area contributed by atoms with Gasteiger partial charge in [-0.25, -0.2) is 9.59 Å². The molecule has 1 heterocycles. The summed E-state index contributed by atoms with van der Waals surface area (Å²) in [6, 6.07) is 9.03. The average molecular weight is 821 g/mol. The number of carboxylic acid groups (broad SMARTS) is 2. The molecule has 55 heavy (non-hydrogen) atoms. The number of aromatic nitrogens is 1. The fraction of sp³-hybridized carbons (Fsp3) is 0.529. The minimum atomic E-state index is -5.08. The molecular formula is C34H41F9N4O7S. The maximum absolute atomic E-state index is 13.3. The van der Waals surface area contributed by atoms with Gasteiger partial charge in [-0.05, 0) is 62.0 Å². The van der Waals surface area contributed by atoms with E-state index in [4.69, 9.17) is 19.8 Å². The van der Waals surface area contributed by atoms with Crippen molar-refractivity contribution in [1.29, 1.82) is 0 Å². The smallest absolute Gasteiger partial charge is 0.490 e. The molecule has 11 nitrogen and oxygen atoms in total. The summed E-state index contributed by atoms with van der Waals surface area (Å²) in [5.74, 6) is -5.35. The number of halogens is 9. The summed E-state index contributed by atoms with van der Waals surface area (Å²) in [5.41, 5.74) is 1.44. The van der Waals surface area contributed by atoms with Crippen molar-refractivity contribution in [3.8, 4) is 5.75 Å². The van der Waals surface area contributed by atoms with Crippen LogP contribution < -0.4 is 15.5 Å². The summed E-state index contributed by atoms with van der Waals surface area (Å²) in [7, 11) is 0. The third-order valence-electron chi connectivity index (χ3n) is 8.17. The van der Waals surface area contributed by atoms with Crippen molar-refractivity contribution < 1.29 is 69.2 Å². The number of hydrogen-bond donors (Lipinski definition) is 6. The average Bonchev–Trinajstić information content (AvgIpc) is 3.30. The van der Waals surface area contributed by atoms with Crippen molar-refractivity contribution in [3.05, 3.63) is 62.8 Å². The first-order valence-corrected chi connectivity index (χ1v) is 17.7. The molecule has 21 heteroatoms. The van der Waals surface area contributed by atoms with E-state index in [1.54, 1.807) is 12.1 Å². The van der Waals surface area contributed by atoms with Gasteiger partial charge in [-0.1, -0.05) is 61.3 Å². The summed E-state index contributed by atoms with van der Waals surface area (Å²) in [5, 5.41) is 30.9. The third kappa shape index (κ3) is 16.9. The number of aromatic hydroxyl groups is 1. The molecule has 1 amide bonds.